The number of halogens is 2. The van der Waals surface area contributed by atoms with Crippen molar-refractivity contribution in [3.05, 3.63) is 58.4 Å². The number of nitrogens with one attached hydrogen (secondary N) is 2. The van der Waals surface area contributed by atoms with Crippen LogP contribution in [0.2, 0.25) is 5.02 Å². The zero-order valence-electron chi connectivity index (χ0n) is 14.7. The summed E-state index contributed by atoms with van der Waals surface area (Å²) in [6, 6.07) is 9.76. The molecule has 6 heteroatoms. The summed E-state index contributed by atoms with van der Waals surface area (Å²) in [7, 11) is 0. The predicted molar refractivity (Wildman–Crippen MR) is 101 cm³/mol. The number of anilines is 2. The normalized spacial score (nSPS) is 14.6. The number of rotatable bonds is 5. The number of benzene rings is 2. The van der Waals surface area contributed by atoms with E-state index in [1.165, 1.54) is 18.2 Å². The number of carbonyl (C=O) groups is 2. The summed E-state index contributed by atoms with van der Waals surface area (Å²) in [6.45, 7) is 3.94. The van der Waals surface area contributed by atoms with Gasteiger partial charge in [0, 0.05) is 11.4 Å². The molecule has 2 N–H and O–H groups in total. The van der Waals surface area contributed by atoms with Crippen molar-refractivity contribution in [1.29, 1.82) is 0 Å². The van der Waals surface area contributed by atoms with Gasteiger partial charge in [0.15, 0.2) is 0 Å². The maximum absolute atomic E-state index is 13.3. The van der Waals surface area contributed by atoms with Gasteiger partial charge in [-0.2, -0.15) is 0 Å². The lowest BCUT2D eigenvalue weighted by Crippen LogP contribution is -2.36. The van der Waals surface area contributed by atoms with E-state index in [0.29, 0.717) is 18.5 Å². The average molecular weight is 375 g/mol. The van der Waals surface area contributed by atoms with Gasteiger partial charge in [-0.3, -0.25) is 9.59 Å². The lowest BCUT2D eigenvalue weighted by Gasteiger charge is -2.18. The van der Waals surface area contributed by atoms with Gasteiger partial charge in [0.1, 0.15) is 11.2 Å². The fourth-order valence-electron chi connectivity index (χ4n) is 2.94. The molecule has 0 atom stereocenters. The van der Waals surface area contributed by atoms with Crippen molar-refractivity contribution in [2.75, 3.05) is 10.6 Å². The average Bonchev–Trinajstić information content (AvgIpc) is 3.42. The van der Waals surface area contributed by atoms with Crippen LogP contribution in [0, 0.1) is 18.2 Å². The molecule has 0 heterocycles. The Morgan fingerprint density at radius 2 is 1.85 bits per heavy atom. The summed E-state index contributed by atoms with van der Waals surface area (Å²) >= 11 is 5.74. The number of hydrogen-bond acceptors (Lipinski definition) is 2. The van der Waals surface area contributed by atoms with E-state index in [9.17, 15) is 14.0 Å². The molecule has 2 amide bonds. The molecule has 3 rings (SSSR count). The number of carbonyl (C=O) groups excluding carboxylic acids is 2. The van der Waals surface area contributed by atoms with Crippen LogP contribution in [0.5, 0.6) is 0 Å². The van der Waals surface area contributed by atoms with Gasteiger partial charge >= 0.3 is 0 Å². The maximum atomic E-state index is 13.3. The van der Waals surface area contributed by atoms with E-state index in [1.54, 1.807) is 0 Å². The molecule has 0 spiro atoms. The number of hydrogen-bond donors (Lipinski definition) is 2. The lowest BCUT2D eigenvalue weighted by molar-refractivity contribution is -0.131. The Morgan fingerprint density at radius 3 is 2.46 bits per heavy atom. The van der Waals surface area contributed by atoms with Crippen LogP contribution < -0.4 is 10.6 Å². The summed E-state index contributed by atoms with van der Waals surface area (Å²) < 4.78 is 13.3. The fourth-order valence-corrected chi connectivity index (χ4v) is 3.12. The highest BCUT2D eigenvalue weighted by molar-refractivity contribution is 6.31. The van der Waals surface area contributed by atoms with Crippen LogP contribution in [-0.2, 0) is 16.0 Å². The molecule has 0 bridgehead atoms. The molecule has 1 fully saturated rings. The highest BCUT2D eigenvalue weighted by Crippen LogP contribution is 2.48. The van der Waals surface area contributed by atoms with Crippen molar-refractivity contribution in [3.8, 4) is 0 Å². The van der Waals surface area contributed by atoms with E-state index in [0.717, 1.165) is 23.2 Å². The van der Waals surface area contributed by atoms with Gasteiger partial charge in [-0.05, 0) is 55.5 Å². The second-order valence-electron chi connectivity index (χ2n) is 6.58. The van der Waals surface area contributed by atoms with Crippen molar-refractivity contribution < 1.29 is 14.0 Å². The van der Waals surface area contributed by atoms with Crippen LogP contribution in [0.25, 0.3) is 0 Å². The summed E-state index contributed by atoms with van der Waals surface area (Å²) in [5, 5.41) is 5.53. The molecule has 0 aliphatic heterocycles. The van der Waals surface area contributed by atoms with Crippen molar-refractivity contribution >= 4 is 34.8 Å². The third-order valence-electron chi connectivity index (χ3n) is 4.78. The molecule has 0 aromatic heterocycles. The van der Waals surface area contributed by atoms with Crippen LogP contribution in [-0.4, -0.2) is 11.8 Å². The molecule has 4 nitrogen and oxygen atoms in total. The van der Waals surface area contributed by atoms with Crippen molar-refractivity contribution in [2.24, 2.45) is 5.41 Å². The first-order valence-corrected chi connectivity index (χ1v) is 8.91. The highest BCUT2D eigenvalue weighted by Gasteiger charge is 2.56. The molecule has 1 aliphatic carbocycles. The zero-order valence-corrected chi connectivity index (χ0v) is 15.4. The molecular weight excluding hydrogens is 355 g/mol. The Hall–Kier alpha value is -2.40. The van der Waals surface area contributed by atoms with E-state index in [1.807, 2.05) is 32.0 Å². The number of amides is 2. The molecule has 1 saturated carbocycles. The third-order valence-corrected chi connectivity index (χ3v) is 5.06. The maximum Gasteiger partial charge on any atom is 0.240 e. The first kappa shape index (κ1) is 18.4. The van der Waals surface area contributed by atoms with Crippen molar-refractivity contribution in [2.45, 2.75) is 33.1 Å². The molecule has 0 unspecified atom stereocenters. The summed E-state index contributed by atoms with van der Waals surface area (Å²) in [5.74, 6) is -1.27. The standard InChI is InChI=1S/C20H20ClFN2O2/c1-3-13-6-4-5-12(2)17(13)24-19(26)20(9-10-20)18(25)23-14-7-8-16(22)15(21)11-14/h4-8,11H,3,9-10H2,1-2H3,(H,23,25)(H,24,26). The minimum absolute atomic E-state index is 0.0791. The molecule has 0 saturated heterocycles. The van der Waals surface area contributed by atoms with Gasteiger partial charge in [-0.25, -0.2) is 4.39 Å². The van der Waals surface area contributed by atoms with E-state index in [-0.39, 0.29) is 10.9 Å². The zero-order chi connectivity index (χ0) is 18.9. The van der Waals surface area contributed by atoms with Crippen molar-refractivity contribution in [1.82, 2.24) is 0 Å². The van der Waals surface area contributed by atoms with Crippen LogP contribution >= 0.6 is 11.6 Å². The first-order valence-electron chi connectivity index (χ1n) is 8.54. The highest BCUT2D eigenvalue weighted by atomic mass is 35.5. The summed E-state index contributed by atoms with van der Waals surface area (Å²) in [4.78, 5) is 25.5. The second-order valence-corrected chi connectivity index (χ2v) is 6.99. The van der Waals surface area contributed by atoms with E-state index in [2.05, 4.69) is 10.6 Å². The smallest absolute Gasteiger partial charge is 0.240 e. The quantitative estimate of drug-likeness (QED) is 0.745. The molecular formula is C20H20ClFN2O2. The van der Waals surface area contributed by atoms with Crippen LogP contribution in [0.15, 0.2) is 36.4 Å². The van der Waals surface area contributed by atoms with E-state index >= 15 is 0 Å². The van der Waals surface area contributed by atoms with Crippen LogP contribution in [0.1, 0.15) is 30.9 Å². The summed E-state index contributed by atoms with van der Waals surface area (Å²) in [5.41, 5.74) is 2.03. The lowest BCUT2D eigenvalue weighted by atomic mass is 10.0. The summed E-state index contributed by atoms with van der Waals surface area (Å²) in [6.07, 6.45) is 1.74. The minimum Gasteiger partial charge on any atom is -0.325 e. The number of para-hydroxylation sites is 1. The van der Waals surface area contributed by atoms with Crippen LogP contribution in [0.4, 0.5) is 15.8 Å². The van der Waals surface area contributed by atoms with Crippen molar-refractivity contribution in [3.63, 3.8) is 0 Å². The van der Waals surface area contributed by atoms with E-state index in [4.69, 9.17) is 11.6 Å². The molecule has 136 valence electrons. The topological polar surface area (TPSA) is 58.2 Å². The van der Waals surface area contributed by atoms with Gasteiger partial charge in [0.25, 0.3) is 0 Å². The Kier molecular flexibility index (Phi) is 5.01. The Bertz CT molecular complexity index is 878. The Labute approximate surface area is 156 Å². The Morgan fingerprint density at radius 1 is 1.15 bits per heavy atom. The molecule has 2 aromatic rings. The van der Waals surface area contributed by atoms with Gasteiger partial charge in [-0.1, -0.05) is 36.7 Å². The number of aryl methyl sites for hydroxylation is 2. The first-order chi connectivity index (χ1) is 12.4. The SMILES string of the molecule is CCc1cccc(C)c1NC(=O)C1(C(=O)Nc2ccc(F)c(Cl)c2)CC1. The van der Waals surface area contributed by atoms with Gasteiger partial charge < -0.3 is 10.6 Å². The molecule has 2 aromatic carbocycles. The predicted octanol–water partition coefficient (Wildman–Crippen LogP) is 4.71. The molecule has 0 radical (unpaired) electrons. The fraction of sp³-hybridized carbons (Fsp3) is 0.300. The van der Waals surface area contributed by atoms with Crippen LogP contribution in [0.3, 0.4) is 0 Å². The molecule has 26 heavy (non-hydrogen) atoms. The largest absolute Gasteiger partial charge is 0.325 e. The minimum atomic E-state index is -1.09. The third kappa shape index (κ3) is 3.44. The van der Waals surface area contributed by atoms with Gasteiger partial charge in [-0.15, -0.1) is 0 Å². The van der Waals surface area contributed by atoms with Gasteiger partial charge in [0.2, 0.25) is 11.8 Å². The van der Waals surface area contributed by atoms with E-state index < -0.39 is 17.1 Å². The molecule has 1 aliphatic rings. The Balaban J connectivity index is 1.77. The van der Waals surface area contributed by atoms with Gasteiger partial charge in [0.05, 0.1) is 5.02 Å². The monoisotopic (exact) mass is 374 g/mol. The second kappa shape index (κ2) is 7.08.